The van der Waals surface area contributed by atoms with E-state index >= 15 is 0 Å². The molecule has 0 amide bonds. The first-order valence-electron chi connectivity index (χ1n) is 9.79. The fourth-order valence-corrected chi connectivity index (χ4v) is 3.09. The number of carbonyl (C=O) groups is 1. The number of aromatic nitrogens is 3. The van der Waals surface area contributed by atoms with Crippen LogP contribution in [0.1, 0.15) is 27.2 Å². The maximum Gasteiger partial charge on any atom is 0.185 e. The third-order valence-electron chi connectivity index (χ3n) is 4.60. The molecular weight excluding hydrogens is 410 g/mol. The van der Waals surface area contributed by atoms with Gasteiger partial charge < -0.3 is 4.74 Å². The van der Waals surface area contributed by atoms with E-state index in [9.17, 15) is 4.79 Å². The van der Waals surface area contributed by atoms with Gasteiger partial charge in [0.05, 0.1) is 12.7 Å². The van der Waals surface area contributed by atoms with E-state index in [1.165, 1.54) is 0 Å². The molecule has 4 rings (SSSR count). The van der Waals surface area contributed by atoms with Crippen molar-refractivity contribution in [3.05, 3.63) is 119 Å². The highest BCUT2D eigenvalue weighted by molar-refractivity contribution is 6.30. The van der Waals surface area contributed by atoms with Gasteiger partial charge in [0.1, 0.15) is 18.1 Å². The van der Waals surface area contributed by atoms with Crippen LogP contribution < -0.4 is 4.74 Å². The number of halogens is 1. The lowest BCUT2D eigenvalue weighted by molar-refractivity contribution is 0.104. The van der Waals surface area contributed by atoms with Gasteiger partial charge in [-0.2, -0.15) is 0 Å². The lowest BCUT2D eigenvalue weighted by Crippen LogP contribution is -2.00. The number of ketones is 1. The molecule has 3 aromatic carbocycles. The maximum atomic E-state index is 12.1. The normalized spacial score (nSPS) is 11.0. The maximum absolute atomic E-state index is 12.1. The van der Waals surface area contributed by atoms with Crippen molar-refractivity contribution in [3.8, 4) is 5.75 Å². The summed E-state index contributed by atoms with van der Waals surface area (Å²) in [5, 5.41) is 9.00. The van der Waals surface area contributed by atoms with Crippen LogP contribution in [0.4, 0.5) is 0 Å². The quantitative estimate of drug-likeness (QED) is 0.276. The summed E-state index contributed by atoms with van der Waals surface area (Å²) in [6.07, 6.45) is 5.23. The minimum Gasteiger partial charge on any atom is -0.487 e. The topological polar surface area (TPSA) is 57.0 Å². The average Bonchev–Trinajstić information content (AvgIpc) is 3.26. The van der Waals surface area contributed by atoms with Crippen LogP contribution in [0.15, 0.2) is 91.1 Å². The molecule has 0 radical (unpaired) electrons. The van der Waals surface area contributed by atoms with Crippen LogP contribution in [0.25, 0.3) is 6.08 Å². The average molecular weight is 430 g/mol. The molecule has 31 heavy (non-hydrogen) atoms. The van der Waals surface area contributed by atoms with Crippen LogP contribution in [-0.4, -0.2) is 20.8 Å². The van der Waals surface area contributed by atoms with Gasteiger partial charge in [-0.1, -0.05) is 77.5 Å². The zero-order valence-electron chi connectivity index (χ0n) is 16.7. The summed E-state index contributed by atoms with van der Waals surface area (Å²) in [4.78, 5) is 12.1. The monoisotopic (exact) mass is 429 g/mol. The van der Waals surface area contributed by atoms with E-state index in [1.54, 1.807) is 29.0 Å². The van der Waals surface area contributed by atoms with Gasteiger partial charge in [0.15, 0.2) is 5.78 Å². The molecular formula is C25H20ClN3O2. The first-order valence-corrected chi connectivity index (χ1v) is 10.2. The predicted molar refractivity (Wildman–Crippen MR) is 121 cm³/mol. The zero-order valence-corrected chi connectivity index (χ0v) is 17.4. The van der Waals surface area contributed by atoms with E-state index in [2.05, 4.69) is 10.3 Å². The minimum absolute atomic E-state index is 0.0254. The molecule has 0 spiro atoms. The van der Waals surface area contributed by atoms with Crippen molar-refractivity contribution in [2.75, 3.05) is 0 Å². The fraction of sp³-hybridized carbons (Fsp3) is 0.0800. The minimum atomic E-state index is -0.0254. The molecule has 1 heterocycles. The molecule has 0 saturated heterocycles. The number of benzene rings is 3. The highest BCUT2D eigenvalue weighted by Gasteiger charge is 2.04. The van der Waals surface area contributed by atoms with E-state index in [4.69, 9.17) is 16.3 Å². The number of hydrogen-bond donors (Lipinski definition) is 0. The van der Waals surface area contributed by atoms with Gasteiger partial charge in [-0.3, -0.25) is 4.79 Å². The lowest BCUT2D eigenvalue weighted by atomic mass is 10.1. The van der Waals surface area contributed by atoms with E-state index in [0.29, 0.717) is 23.7 Å². The Bertz CT molecular complexity index is 1170. The molecule has 4 aromatic rings. The third-order valence-corrected chi connectivity index (χ3v) is 4.85. The molecule has 0 fully saturated rings. The Morgan fingerprint density at radius 3 is 2.45 bits per heavy atom. The Kier molecular flexibility index (Phi) is 6.55. The largest absolute Gasteiger partial charge is 0.487 e. The van der Waals surface area contributed by atoms with E-state index < -0.39 is 0 Å². The molecule has 6 heteroatoms. The van der Waals surface area contributed by atoms with Crippen molar-refractivity contribution in [2.45, 2.75) is 13.2 Å². The molecule has 0 aliphatic heterocycles. The van der Waals surface area contributed by atoms with Crippen molar-refractivity contribution in [1.29, 1.82) is 0 Å². The van der Waals surface area contributed by atoms with Crippen LogP contribution in [-0.2, 0) is 13.2 Å². The summed E-state index contributed by atoms with van der Waals surface area (Å²) in [7, 11) is 0. The molecule has 5 nitrogen and oxygen atoms in total. The molecule has 0 aliphatic rings. The molecule has 0 N–H and O–H groups in total. The summed E-state index contributed by atoms with van der Waals surface area (Å²) in [5.41, 5.74) is 3.43. The van der Waals surface area contributed by atoms with Crippen LogP contribution in [0.2, 0.25) is 5.02 Å². The Morgan fingerprint density at radius 2 is 1.71 bits per heavy atom. The summed E-state index contributed by atoms with van der Waals surface area (Å²) in [5.74, 6) is 0.696. The summed E-state index contributed by atoms with van der Waals surface area (Å²) in [6.45, 7) is 0.940. The number of ether oxygens (including phenoxy) is 1. The van der Waals surface area contributed by atoms with Crippen LogP contribution in [0.3, 0.4) is 0 Å². The molecule has 0 unspecified atom stereocenters. The smallest absolute Gasteiger partial charge is 0.185 e. The zero-order chi connectivity index (χ0) is 21.5. The molecule has 154 valence electrons. The molecule has 1 aromatic heterocycles. The van der Waals surface area contributed by atoms with Gasteiger partial charge in [-0.05, 0) is 41.5 Å². The summed E-state index contributed by atoms with van der Waals surface area (Å²) < 4.78 is 7.56. The highest BCUT2D eigenvalue weighted by atomic mass is 35.5. The van der Waals surface area contributed by atoms with Crippen molar-refractivity contribution < 1.29 is 9.53 Å². The molecule has 0 saturated carbocycles. The summed E-state index contributed by atoms with van der Waals surface area (Å²) in [6, 6.07) is 24.4. The van der Waals surface area contributed by atoms with Crippen LogP contribution in [0, 0.1) is 0 Å². The van der Waals surface area contributed by atoms with Crippen molar-refractivity contribution in [1.82, 2.24) is 15.0 Å². The number of allylic oxidation sites excluding steroid dienone is 1. The second-order valence-corrected chi connectivity index (χ2v) is 7.39. The first kappa shape index (κ1) is 20.6. The molecule has 0 atom stereocenters. The SMILES string of the molecule is O=C(C=Cc1ccc(OCc2cn(Cc3ccc(Cl)cc3)nn2)cc1)c1ccccc1. The molecule has 0 aliphatic carbocycles. The van der Waals surface area contributed by atoms with E-state index in [-0.39, 0.29) is 5.78 Å². The predicted octanol–water partition coefficient (Wildman–Crippen LogP) is 5.45. The number of hydrogen-bond acceptors (Lipinski definition) is 4. The Balaban J connectivity index is 1.29. The second kappa shape index (κ2) is 9.87. The standard InChI is InChI=1S/C25H20ClN3O2/c26-22-11-6-20(7-12-22)16-29-17-23(27-28-29)18-31-24-13-8-19(9-14-24)10-15-25(30)21-4-2-1-3-5-21/h1-15,17H,16,18H2. The van der Waals surface area contributed by atoms with Crippen LogP contribution in [0.5, 0.6) is 5.75 Å². The van der Waals surface area contributed by atoms with Gasteiger partial charge in [0.25, 0.3) is 0 Å². The summed E-state index contributed by atoms with van der Waals surface area (Å²) >= 11 is 5.91. The van der Waals surface area contributed by atoms with Gasteiger partial charge in [-0.15, -0.1) is 5.10 Å². The van der Waals surface area contributed by atoms with Crippen molar-refractivity contribution in [2.24, 2.45) is 0 Å². The van der Waals surface area contributed by atoms with E-state index in [0.717, 1.165) is 22.6 Å². The van der Waals surface area contributed by atoms with Gasteiger partial charge in [0.2, 0.25) is 0 Å². The van der Waals surface area contributed by atoms with E-state index in [1.807, 2.05) is 72.9 Å². The third kappa shape index (κ3) is 5.90. The van der Waals surface area contributed by atoms with Crippen LogP contribution >= 0.6 is 11.6 Å². The van der Waals surface area contributed by atoms with Gasteiger partial charge >= 0.3 is 0 Å². The Morgan fingerprint density at radius 1 is 0.968 bits per heavy atom. The van der Waals surface area contributed by atoms with Crippen molar-refractivity contribution >= 4 is 23.5 Å². The van der Waals surface area contributed by atoms with Gasteiger partial charge in [0, 0.05) is 10.6 Å². The number of rotatable bonds is 8. The fourth-order valence-electron chi connectivity index (χ4n) is 2.96. The first-order chi connectivity index (χ1) is 15.2. The Labute approximate surface area is 185 Å². The molecule has 0 bridgehead atoms. The number of carbonyl (C=O) groups excluding carboxylic acids is 1. The highest BCUT2D eigenvalue weighted by Crippen LogP contribution is 2.15. The van der Waals surface area contributed by atoms with Gasteiger partial charge in [-0.25, -0.2) is 4.68 Å². The Hall–Kier alpha value is -3.70. The second-order valence-electron chi connectivity index (χ2n) is 6.96. The van der Waals surface area contributed by atoms with Crippen molar-refractivity contribution in [3.63, 3.8) is 0 Å². The number of nitrogens with zero attached hydrogens (tertiary/aromatic N) is 3. The lowest BCUT2D eigenvalue weighted by Gasteiger charge is -2.04.